The second-order valence-electron chi connectivity index (χ2n) is 2.90. The standard InChI is InChI=1S/C9H21NO/c1-4-10-8-6-5-7-9(2)11-3/h9-10H,4-8H2,1-3H3. The van der Waals surface area contributed by atoms with Crippen LogP contribution in [0.5, 0.6) is 0 Å². The first-order chi connectivity index (χ1) is 5.31. The smallest absolute Gasteiger partial charge is 0.0543 e. The molecule has 0 bridgehead atoms. The minimum absolute atomic E-state index is 0.427. The molecule has 0 aliphatic rings. The zero-order valence-corrected chi connectivity index (χ0v) is 8.02. The molecule has 0 fully saturated rings. The van der Waals surface area contributed by atoms with Gasteiger partial charge in [0, 0.05) is 7.11 Å². The lowest BCUT2D eigenvalue weighted by atomic mass is 10.2. The number of unbranched alkanes of at least 4 members (excludes halogenated alkanes) is 1. The van der Waals surface area contributed by atoms with Crippen LogP contribution in [-0.2, 0) is 4.74 Å². The van der Waals surface area contributed by atoms with Gasteiger partial charge in [0.05, 0.1) is 6.10 Å². The Morgan fingerprint density at radius 1 is 1.36 bits per heavy atom. The van der Waals surface area contributed by atoms with E-state index >= 15 is 0 Å². The molecule has 0 spiro atoms. The summed E-state index contributed by atoms with van der Waals surface area (Å²) < 4.78 is 5.14. The van der Waals surface area contributed by atoms with Crippen LogP contribution in [0.2, 0.25) is 0 Å². The van der Waals surface area contributed by atoms with Crippen LogP contribution in [0.3, 0.4) is 0 Å². The summed E-state index contributed by atoms with van der Waals surface area (Å²) in [5.41, 5.74) is 0. The highest BCUT2D eigenvalue weighted by Gasteiger charge is 1.97. The molecule has 1 N–H and O–H groups in total. The topological polar surface area (TPSA) is 21.3 Å². The zero-order chi connectivity index (χ0) is 8.53. The van der Waals surface area contributed by atoms with E-state index in [1.165, 1.54) is 19.3 Å². The lowest BCUT2D eigenvalue weighted by Crippen LogP contribution is -2.14. The van der Waals surface area contributed by atoms with Crippen LogP contribution in [0.15, 0.2) is 0 Å². The molecule has 2 nitrogen and oxygen atoms in total. The molecule has 0 aromatic heterocycles. The number of methoxy groups -OCH3 is 1. The molecule has 0 radical (unpaired) electrons. The maximum Gasteiger partial charge on any atom is 0.0543 e. The van der Waals surface area contributed by atoms with Crippen molar-refractivity contribution in [3.63, 3.8) is 0 Å². The molecule has 0 aliphatic carbocycles. The lowest BCUT2D eigenvalue weighted by Gasteiger charge is -2.08. The summed E-state index contributed by atoms with van der Waals surface area (Å²) in [6, 6.07) is 0. The Morgan fingerprint density at radius 3 is 2.64 bits per heavy atom. The molecule has 0 amide bonds. The highest BCUT2D eigenvalue weighted by Crippen LogP contribution is 2.01. The molecule has 0 aromatic carbocycles. The molecular weight excluding hydrogens is 138 g/mol. The fraction of sp³-hybridized carbons (Fsp3) is 1.00. The van der Waals surface area contributed by atoms with Crippen LogP contribution in [0, 0.1) is 0 Å². The van der Waals surface area contributed by atoms with Crippen LogP contribution >= 0.6 is 0 Å². The molecule has 0 saturated carbocycles. The predicted octanol–water partition coefficient (Wildman–Crippen LogP) is 1.80. The largest absolute Gasteiger partial charge is 0.382 e. The lowest BCUT2D eigenvalue weighted by molar-refractivity contribution is 0.108. The van der Waals surface area contributed by atoms with E-state index in [1.807, 2.05) is 0 Å². The van der Waals surface area contributed by atoms with E-state index in [1.54, 1.807) is 7.11 Å². The first kappa shape index (κ1) is 10.9. The highest BCUT2D eigenvalue weighted by atomic mass is 16.5. The van der Waals surface area contributed by atoms with Crippen molar-refractivity contribution in [3.8, 4) is 0 Å². The molecule has 0 aliphatic heterocycles. The minimum Gasteiger partial charge on any atom is -0.382 e. The van der Waals surface area contributed by atoms with Crippen molar-refractivity contribution in [1.29, 1.82) is 0 Å². The van der Waals surface area contributed by atoms with Gasteiger partial charge in [-0.3, -0.25) is 0 Å². The fourth-order valence-electron chi connectivity index (χ4n) is 0.976. The second kappa shape index (κ2) is 8.02. The summed E-state index contributed by atoms with van der Waals surface area (Å²) in [6.07, 6.45) is 4.14. The normalized spacial score (nSPS) is 13.4. The van der Waals surface area contributed by atoms with E-state index in [9.17, 15) is 0 Å². The van der Waals surface area contributed by atoms with E-state index in [2.05, 4.69) is 19.2 Å². The summed E-state index contributed by atoms with van der Waals surface area (Å²) in [5.74, 6) is 0. The Morgan fingerprint density at radius 2 is 2.09 bits per heavy atom. The van der Waals surface area contributed by atoms with Gasteiger partial charge in [-0.2, -0.15) is 0 Å². The molecule has 1 atom stereocenters. The van der Waals surface area contributed by atoms with Crippen molar-refractivity contribution in [2.24, 2.45) is 0 Å². The Labute approximate surface area is 70.3 Å². The van der Waals surface area contributed by atoms with Gasteiger partial charge in [0.25, 0.3) is 0 Å². The van der Waals surface area contributed by atoms with Gasteiger partial charge in [-0.25, -0.2) is 0 Å². The average molecular weight is 159 g/mol. The molecular formula is C9H21NO. The van der Waals surface area contributed by atoms with E-state index in [0.717, 1.165) is 13.1 Å². The van der Waals surface area contributed by atoms with Crippen LogP contribution in [-0.4, -0.2) is 26.3 Å². The maximum absolute atomic E-state index is 5.14. The number of hydrogen-bond donors (Lipinski definition) is 1. The molecule has 0 saturated heterocycles. The van der Waals surface area contributed by atoms with E-state index in [-0.39, 0.29) is 0 Å². The molecule has 68 valence electrons. The number of ether oxygens (including phenoxy) is 1. The summed E-state index contributed by atoms with van der Waals surface area (Å²) in [7, 11) is 1.77. The van der Waals surface area contributed by atoms with Crippen molar-refractivity contribution in [3.05, 3.63) is 0 Å². The van der Waals surface area contributed by atoms with Crippen molar-refractivity contribution in [2.45, 2.75) is 39.2 Å². The number of hydrogen-bond acceptors (Lipinski definition) is 2. The summed E-state index contributed by atoms with van der Waals surface area (Å²) in [5, 5.41) is 3.30. The van der Waals surface area contributed by atoms with Crippen LogP contribution in [0.1, 0.15) is 33.1 Å². The van der Waals surface area contributed by atoms with Crippen molar-refractivity contribution in [2.75, 3.05) is 20.2 Å². The van der Waals surface area contributed by atoms with E-state index in [4.69, 9.17) is 4.74 Å². The Bertz CT molecular complexity index is 76.0. The van der Waals surface area contributed by atoms with Gasteiger partial charge < -0.3 is 10.1 Å². The first-order valence-electron chi connectivity index (χ1n) is 4.54. The third-order valence-electron chi connectivity index (χ3n) is 1.87. The Balaban J connectivity index is 2.89. The van der Waals surface area contributed by atoms with Crippen molar-refractivity contribution in [1.82, 2.24) is 5.32 Å². The zero-order valence-electron chi connectivity index (χ0n) is 8.02. The SMILES string of the molecule is CCNCCCCC(C)OC. The first-order valence-corrected chi connectivity index (χ1v) is 4.54. The molecule has 11 heavy (non-hydrogen) atoms. The van der Waals surface area contributed by atoms with E-state index < -0.39 is 0 Å². The van der Waals surface area contributed by atoms with Gasteiger partial charge in [-0.1, -0.05) is 6.92 Å². The number of rotatable bonds is 7. The number of nitrogens with one attached hydrogen (secondary N) is 1. The second-order valence-corrected chi connectivity index (χ2v) is 2.90. The van der Waals surface area contributed by atoms with Gasteiger partial charge in [-0.15, -0.1) is 0 Å². The van der Waals surface area contributed by atoms with Gasteiger partial charge in [0.2, 0.25) is 0 Å². The average Bonchev–Trinajstić information content (AvgIpc) is 2.04. The molecule has 2 heteroatoms. The summed E-state index contributed by atoms with van der Waals surface area (Å²) in [4.78, 5) is 0. The third kappa shape index (κ3) is 7.82. The van der Waals surface area contributed by atoms with Gasteiger partial charge in [-0.05, 0) is 39.3 Å². The van der Waals surface area contributed by atoms with Crippen LogP contribution in [0.4, 0.5) is 0 Å². The third-order valence-corrected chi connectivity index (χ3v) is 1.87. The summed E-state index contributed by atoms with van der Waals surface area (Å²) >= 11 is 0. The maximum atomic E-state index is 5.14. The Kier molecular flexibility index (Phi) is 7.96. The molecule has 1 unspecified atom stereocenters. The molecule has 0 aromatic rings. The highest BCUT2D eigenvalue weighted by molar-refractivity contribution is 4.51. The fourth-order valence-corrected chi connectivity index (χ4v) is 0.976. The monoisotopic (exact) mass is 159 g/mol. The quantitative estimate of drug-likeness (QED) is 0.572. The Hall–Kier alpha value is -0.0800. The van der Waals surface area contributed by atoms with Gasteiger partial charge >= 0.3 is 0 Å². The molecule has 0 rings (SSSR count). The van der Waals surface area contributed by atoms with Crippen molar-refractivity contribution >= 4 is 0 Å². The van der Waals surface area contributed by atoms with Crippen LogP contribution in [0.25, 0.3) is 0 Å². The van der Waals surface area contributed by atoms with Gasteiger partial charge in [0.15, 0.2) is 0 Å². The summed E-state index contributed by atoms with van der Waals surface area (Å²) in [6.45, 7) is 6.48. The minimum atomic E-state index is 0.427. The predicted molar refractivity (Wildman–Crippen MR) is 48.9 cm³/mol. The van der Waals surface area contributed by atoms with E-state index in [0.29, 0.717) is 6.10 Å². The molecule has 0 heterocycles. The van der Waals surface area contributed by atoms with Crippen molar-refractivity contribution < 1.29 is 4.74 Å². The van der Waals surface area contributed by atoms with Gasteiger partial charge in [0.1, 0.15) is 0 Å². The van der Waals surface area contributed by atoms with Crippen LogP contribution < -0.4 is 5.32 Å².